The summed E-state index contributed by atoms with van der Waals surface area (Å²) in [5, 5.41) is 14.5. The number of carbonyl (C=O) groups excluding carboxylic acids is 1. The number of amides is 1. The third-order valence-electron chi connectivity index (χ3n) is 4.91. The van der Waals surface area contributed by atoms with Crippen molar-refractivity contribution >= 4 is 11.6 Å². The number of aromatic nitrogens is 4. The highest BCUT2D eigenvalue weighted by atomic mass is 19.4. The van der Waals surface area contributed by atoms with Crippen molar-refractivity contribution in [3.63, 3.8) is 0 Å². The molecule has 1 aliphatic heterocycles. The number of nitrogens with zero attached hydrogens (tertiary/aromatic N) is 5. The smallest absolute Gasteiger partial charge is 0.319 e. The lowest BCUT2D eigenvalue weighted by atomic mass is 10.0. The first-order valence-electron chi connectivity index (χ1n) is 9.42. The molecule has 1 fully saturated rings. The zero-order chi connectivity index (χ0) is 22.2. The maximum Gasteiger partial charge on any atom is 0.416 e. The lowest BCUT2D eigenvalue weighted by molar-refractivity contribution is -0.137. The zero-order valence-electron chi connectivity index (χ0n) is 16.4. The molecule has 2 aromatic heterocycles. The van der Waals surface area contributed by atoms with E-state index in [-0.39, 0.29) is 24.1 Å². The summed E-state index contributed by atoms with van der Waals surface area (Å²) in [4.78, 5) is 14.5. The van der Waals surface area contributed by atoms with Gasteiger partial charge in [0.1, 0.15) is 11.5 Å². The molecule has 1 N–H and O–H groups in total. The standard InChI is InChI=1S/C20H18F4N6O/c1-12-4-18(19(31)27-16-2-3-25-26-8-16)30(28-12)17-10-29(11-17)9-13-5-14(20(22,23)24)7-15(21)6-13/h2-8,17H,9-11H2,1H3,(H,25,27,31). The van der Waals surface area contributed by atoms with E-state index in [1.165, 1.54) is 12.4 Å². The Morgan fingerprint density at radius 1 is 1.19 bits per heavy atom. The number of anilines is 1. The summed E-state index contributed by atoms with van der Waals surface area (Å²) in [5.41, 5.74) is 0.755. The van der Waals surface area contributed by atoms with E-state index in [4.69, 9.17) is 0 Å². The molecule has 0 saturated carbocycles. The summed E-state index contributed by atoms with van der Waals surface area (Å²) < 4.78 is 53.9. The number of halogens is 4. The van der Waals surface area contributed by atoms with Crippen molar-refractivity contribution in [2.75, 3.05) is 18.4 Å². The number of carbonyl (C=O) groups is 1. The molecule has 1 saturated heterocycles. The van der Waals surface area contributed by atoms with Crippen molar-refractivity contribution in [1.29, 1.82) is 0 Å². The van der Waals surface area contributed by atoms with Crippen LogP contribution in [0.5, 0.6) is 0 Å². The van der Waals surface area contributed by atoms with Gasteiger partial charge in [0.05, 0.1) is 35.4 Å². The van der Waals surface area contributed by atoms with E-state index < -0.39 is 17.6 Å². The molecular formula is C20H18F4N6O. The average molecular weight is 434 g/mol. The fraction of sp³-hybridized carbons (Fsp3) is 0.300. The number of hydrogen-bond acceptors (Lipinski definition) is 5. The van der Waals surface area contributed by atoms with Gasteiger partial charge in [-0.15, -0.1) is 0 Å². The maximum atomic E-state index is 13.6. The second kappa shape index (κ2) is 8.06. The first-order chi connectivity index (χ1) is 14.7. The van der Waals surface area contributed by atoms with Gasteiger partial charge in [-0.2, -0.15) is 28.5 Å². The minimum atomic E-state index is -4.60. The summed E-state index contributed by atoms with van der Waals surface area (Å²) in [6, 6.07) is 5.68. The number of likely N-dealkylation sites (tertiary alicyclic amines) is 1. The molecule has 0 atom stereocenters. The van der Waals surface area contributed by atoms with Gasteiger partial charge in [-0.25, -0.2) is 4.39 Å². The first kappa shape index (κ1) is 20.9. The van der Waals surface area contributed by atoms with Crippen LogP contribution in [0.25, 0.3) is 0 Å². The van der Waals surface area contributed by atoms with E-state index in [0.717, 1.165) is 12.1 Å². The van der Waals surface area contributed by atoms with E-state index in [1.54, 1.807) is 23.7 Å². The molecule has 162 valence electrons. The molecule has 1 aromatic carbocycles. The van der Waals surface area contributed by atoms with Crippen LogP contribution in [0.3, 0.4) is 0 Å². The van der Waals surface area contributed by atoms with E-state index in [1.807, 2.05) is 4.90 Å². The third kappa shape index (κ3) is 4.71. The van der Waals surface area contributed by atoms with Crippen LogP contribution in [-0.4, -0.2) is 43.9 Å². The van der Waals surface area contributed by atoms with Crippen molar-refractivity contribution in [1.82, 2.24) is 24.9 Å². The highest BCUT2D eigenvalue weighted by Crippen LogP contribution is 2.32. The Kier molecular flexibility index (Phi) is 5.44. The minimum absolute atomic E-state index is 0.124. The van der Waals surface area contributed by atoms with Crippen molar-refractivity contribution in [2.24, 2.45) is 0 Å². The summed E-state index contributed by atoms with van der Waals surface area (Å²) in [6.45, 7) is 2.87. The van der Waals surface area contributed by atoms with Gasteiger partial charge in [-0.3, -0.25) is 14.4 Å². The Bertz CT molecular complexity index is 1090. The first-order valence-corrected chi connectivity index (χ1v) is 9.42. The molecule has 0 spiro atoms. The minimum Gasteiger partial charge on any atom is -0.319 e. The summed E-state index contributed by atoms with van der Waals surface area (Å²) >= 11 is 0. The van der Waals surface area contributed by atoms with Crippen molar-refractivity contribution in [3.8, 4) is 0 Å². The zero-order valence-corrected chi connectivity index (χ0v) is 16.4. The highest BCUT2D eigenvalue weighted by Gasteiger charge is 2.34. The molecule has 1 aliphatic rings. The van der Waals surface area contributed by atoms with Crippen molar-refractivity contribution < 1.29 is 22.4 Å². The SMILES string of the molecule is Cc1cc(C(=O)Nc2ccnnc2)n(C2CN(Cc3cc(F)cc(C(F)(F)F)c3)C2)n1. The van der Waals surface area contributed by atoms with Crippen molar-refractivity contribution in [3.05, 3.63) is 71.1 Å². The van der Waals surface area contributed by atoms with Crippen LogP contribution < -0.4 is 5.32 Å². The fourth-order valence-corrected chi connectivity index (χ4v) is 3.51. The van der Waals surface area contributed by atoms with Crippen LogP contribution in [0.15, 0.2) is 42.7 Å². The van der Waals surface area contributed by atoms with Crippen LogP contribution in [0.4, 0.5) is 23.2 Å². The number of benzene rings is 1. The topological polar surface area (TPSA) is 75.9 Å². The lowest BCUT2D eigenvalue weighted by Crippen LogP contribution is -2.48. The second-order valence-electron chi connectivity index (χ2n) is 7.39. The molecule has 0 aliphatic carbocycles. The molecule has 31 heavy (non-hydrogen) atoms. The summed E-state index contributed by atoms with van der Waals surface area (Å²) in [6.07, 6.45) is -1.73. The molecule has 4 rings (SSSR count). The van der Waals surface area contributed by atoms with Gasteiger partial charge >= 0.3 is 6.18 Å². The van der Waals surface area contributed by atoms with Gasteiger partial charge in [0.25, 0.3) is 5.91 Å². The average Bonchev–Trinajstić information content (AvgIpc) is 3.05. The molecule has 7 nitrogen and oxygen atoms in total. The van der Waals surface area contributed by atoms with Crippen LogP contribution in [-0.2, 0) is 12.7 Å². The quantitative estimate of drug-likeness (QED) is 0.623. The molecule has 11 heteroatoms. The van der Waals surface area contributed by atoms with Gasteiger partial charge in [0.15, 0.2) is 0 Å². The molecule has 3 heterocycles. The number of nitrogens with one attached hydrogen (secondary N) is 1. The van der Waals surface area contributed by atoms with Crippen molar-refractivity contribution in [2.45, 2.75) is 25.7 Å². The monoisotopic (exact) mass is 434 g/mol. The maximum absolute atomic E-state index is 13.6. The normalized spacial score (nSPS) is 15.0. The number of aryl methyl sites for hydroxylation is 1. The van der Waals surface area contributed by atoms with E-state index in [9.17, 15) is 22.4 Å². The second-order valence-corrected chi connectivity index (χ2v) is 7.39. The Labute approximate surface area is 174 Å². The molecule has 0 bridgehead atoms. The Morgan fingerprint density at radius 2 is 1.97 bits per heavy atom. The Morgan fingerprint density at radius 3 is 2.65 bits per heavy atom. The number of rotatable bonds is 5. The van der Waals surface area contributed by atoms with Crippen LogP contribution in [0, 0.1) is 12.7 Å². The van der Waals surface area contributed by atoms with E-state index >= 15 is 0 Å². The number of alkyl halides is 3. The number of hydrogen-bond donors (Lipinski definition) is 1. The Balaban J connectivity index is 1.43. The van der Waals surface area contributed by atoms with Crippen LogP contribution >= 0.6 is 0 Å². The highest BCUT2D eigenvalue weighted by molar-refractivity contribution is 6.03. The summed E-state index contributed by atoms with van der Waals surface area (Å²) in [5.74, 6) is -1.28. The predicted octanol–water partition coefficient (Wildman–Crippen LogP) is 3.45. The van der Waals surface area contributed by atoms with Gasteiger partial charge in [0.2, 0.25) is 0 Å². The van der Waals surface area contributed by atoms with Gasteiger partial charge in [-0.05, 0) is 42.8 Å². The van der Waals surface area contributed by atoms with Gasteiger partial charge in [-0.1, -0.05) is 0 Å². The molecule has 0 radical (unpaired) electrons. The Hall–Kier alpha value is -3.34. The molecular weight excluding hydrogens is 416 g/mol. The largest absolute Gasteiger partial charge is 0.416 e. The fourth-order valence-electron chi connectivity index (χ4n) is 3.51. The molecule has 0 unspecified atom stereocenters. The lowest BCUT2D eigenvalue weighted by Gasteiger charge is -2.39. The third-order valence-corrected chi connectivity index (χ3v) is 4.91. The van der Waals surface area contributed by atoms with Gasteiger partial charge in [0, 0.05) is 19.6 Å². The van der Waals surface area contributed by atoms with Crippen LogP contribution in [0.1, 0.15) is 33.4 Å². The molecule has 3 aromatic rings. The molecule has 1 amide bonds. The van der Waals surface area contributed by atoms with Crippen LogP contribution in [0.2, 0.25) is 0 Å². The summed E-state index contributed by atoms with van der Waals surface area (Å²) in [7, 11) is 0. The van der Waals surface area contributed by atoms with Gasteiger partial charge < -0.3 is 5.32 Å². The van der Waals surface area contributed by atoms with E-state index in [0.29, 0.717) is 36.2 Å². The predicted molar refractivity (Wildman–Crippen MR) is 103 cm³/mol. The van der Waals surface area contributed by atoms with E-state index in [2.05, 4.69) is 20.6 Å².